The van der Waals surface area contributed by atoms with Crippen molar-refractivity contribution >= 4 is 5.78 Å². The van der Waals surface area contributed by atoms with Gasteiger partial charge in [0.25, 0.3) is 0 Å². The van der Waals surface area contributed by atoms with Crippen LogP contribution < -0.4 is 0 Å². The minimum absolute atomic E-state index is 0.0752. The summed E-state index contributed by atoms with van der Waals surface area (Å²) in [7, 11) is 1.90. The largest absolute Gasteiger partial charge is 0.373 e. The molecule has 0 aliphatic heterocycles. The number of carbonyl (C=O) groups is 1. The van der Waals surface area contributed by atoms with Crippen LogP contribution in [-0.4, -0.2) is 23.6 Å². The van der Waals surface area contributed by atoms with Crippen molar-refractivity contribution in [3.05, 3.63) is 24.0 Å². The Morgan fingerprint density at radius 2 is 2.43 bits per heavy atom. The van der Waals surface area contributed by atoms with E-state index in [9.17, 15) is 4.79 Å². The summed E-state index contributed by atoms with van der Waals surface area (Å²) in [6.07, 6.45) is 6.22. The summed E-state index contributed by atoms with van der Waals surface area (Å²) in [5.74, 6) is 0.796. The fraction of sp³-hybridized carbons (Fsp3) is 0.545. The van der Waals surface area contributed by atoms with Gasteiger partial charge in [0.2, 0.25) is 0 Å². The molecule has 0 saturated heterocycles. The highest BCUT2D eigenvalue weighted by atomic mass is 16.5. The van der Waals surface area contributed by atoms with Crippen molar-refractivity contribution < 1.29 is 9.53 Å². The zero-order valence-corrected chi connectivity index (χ0v) is 8.40. The lowest BCUT2D eigenvalue weighted by Crippen LogP contribution is -2.09. The molecule has 0 bridgehead atoms. The Morgan fingerprint density at radius 3 is 3.00 bits per heavy atom. The monoisotopic (exact) mass is 193 g/mol. The van der Waals surface area contributed by atoms with E-state index in [2.05, 4.69) is 0 Å². The number of Topliss-reactive ketones (excluding diaryl/α,β-unsaturated/α-hetero) is 1. The zero-order valence-electron chi connectivity index (χ0n) is 8.40. The molecule has 0 atom stereocenters. The van der Waals surface area contributed by atoms with Crippen molar-refractivity contribution in [1.82, 2.24) is 4.57 Å². The normalized spacial score (nSPS) is 15.8. The van der Waals surface area contributed by atoms with Crippen molar-refractivity contribution in [3.63, 3.8) is 0 Å². The average Bonchev–Trinajstić information content (AvgIpc) is 2.87. The van der Waals surface area contributed by atoms with Crippen LogP contribution >= 0.6 is 0 Å². The van der Waals surface area contributed by atoms with Crippen molar-refractivity contribution in [1.29, 1.82) is 0 Å². The molecule has 0 spiro atoms. The summed E-state index contributed by atoms with van der Waals surface area (Å²) < 4.78 is 7.19. The van der Waals surface area contributed by atoms with E-state index in [1.54, 1.807) is 0 Å². The number of ketones is 1. The first-order valence-electron chi connectivity index (χ1n) is 4.98. The van der Waals surface area contributed by atoms with Crippen molar-refractivity contribution in [3.8, 4) is 0 Å². The molecule has 1 aliphatic rings. The van der Waals surface area contributed by atoms with Crippen molar-refractivity contribution in [2.45, 2.75) is 12.8 Å². The fourth-order valence-electron chi connectivity index (χ4n) is 1.35. The van der Waals surface area contributed by atoms with Gasteiger partial charge >= 0.3 is 0 Å². The van der Waals surface area contributed by atoms with Crippen LogP contribution in [0.3, 0.4) is 0 Å². The predicted molar refractivity (Wildman–Crippen MR) is 53.3 cm³/mol. The summed E-state index contributed by atoms with van der Waals surface area (Å²) in [6.45, 7) is 0.971. The highest BCUT2D eigenvalue weighted by molar-refractivity contribution is 5.96. The maximum atomic E-state index is 11.5. The van der Waals surface area contributed by atoms with Gasteiger partial charge in [0, 0.05) is 25.0 Å². The second-order valence-corrected chi connectivity index (χ2v) is 3.95. The first-order chi connectivity index (χ1) is 6.75. The van der Waals surface area contributed by atoms with Gasteiger partial charge in [-0.2, -0.15) is 0 Å². The predicted octanol–water partition coefficient (Wildman–Crippen LogP) is 1.63. The summed E-state index contributed by atoms with van der Waals surface area (Å²) in [5, 5.41) is 0. The Bertz CT molecular complexity index is 326. The Labute approximate surface area is 83.7 Å². The van der Waals surface area contributed by atoms with E-state index in [-0.39, 0.29) is 12.4 Å². The molecular formula is C11H15NO2. The smallest absolute Gasteiger partial charge is 0.189 e. The molecule has 1 aliphatic carbocycles. The topological polar surface area (TPSA) is 31.2 Å². The lowest BCUT2D eigenvalue weighted by molar-refractivity contribution is 0.0740. The minimum atomic E-state index is 0.0752. The van der Waals surface area contributed by atoms with Crippen molar-refractivity contribution in [2.24, 2.45) is 13.0 Å². The quantitative estimate of drug-likeness (QED) is 0.665. The molecule has 0 aromatic carbocycles. The molecule has 76 valence electrons. The van der Waals surface area contributed by atoms with Gasteiger partial charge in [-0.1, -0.05) is 0 Å². The van der Waals surface area contributed by atoms with Crippen molar-refractivity contribution in [2.75, 3.05) is 13.2 Å². The summed E-state index contributed by atoms with van der Waals surface area (Å²) >= 11 is 0. The van der Waals surface area contributed by atoms with E-state index in [1.165, 1.54) is 12.8 Å². The van der Waals surface area contributed by atoms with Gasteiger partial charge < -0.3 is 9.30 Å². The number of hydrogen-bond acceptors (Lipinski definition) is 2. The summed E-state index contributed by atoms with van der Waals surface area (Å²) in [4.78, 5) is 11.5. The lowest BCUT2D eigenvalue weighted by atomic mass is 10.2. The van der Waals surface area contributed by atoms with Gasteiger partial charge in [-0.05, 0) is 24.8 Å². The molecule has 1 fully saturated rings. The molecule has 2 rings (SSSR count). The molecule has 3 nitrogen and oxygen atoms in total. The number of nitrogens with zero attached hydrogens (tertiary/aromatic N) is 1. The molecule has 1 aromatic rings. The highest BCUT2D eigenvalue weighted by Crippen LogP contribution is 2.28. The van der Waals surface area contributed by atoms with Crippen LogP contribution in [0.25, 0.3) is 0 Å². The third-order valence-corrected chi connectivity index (χ3v) is 2.44. The lowest BCUT2D eigenvalue weighted by Gasteiger charge is -2.00. The van der Waals surface area contributed by atoms with Crippen LogP contribution in [0.1, 0.15) is 23.2 Å². The van der Waals surface area contributed by atoms with E-state index in [0.717, 1.165) is 18.1 Å². The fourth-order valence-corrected chi connectivity index (χ4v) is 1.35. The number of ether oxygens (including phenoxy) is 1. The third kappa shape index (κ3) is 2.45. The third-order valence-electron chi connectivity index (χ3n) is 2.44. The Morgan fingerprint density at radius 1 is 1.64 bits per heavy atom. The van der Waals surface area contributed by atoms with Crippen LogP contribution in [0.5, 0.6) is 0 Å². The molecule has 1 heterocycles. The van der Waals surface area contributed by atoms with Gasteiger partial charge in [-0.25, -0.2) is 0 Å². The Balaban J connectivity index is 1.76. The molecule has 0 radical (unpaired) electrons. The van der Waals surface area contributed by atoms with E-state index in [4.69, 9.17) is 4.74 Å². The maximum absolute atomic E-state index is 11.5. The van der Waals surface area contributed by atoms with E-state index < -0.39 is 0 Å². The van der Waals surface area contributed by atoms with E-state index in [1.807, 2.05) is 30.1 Å². The number of hydrogen-bond donors (Lipinski definition) is 0. The second-order valence-electron chi connectivity index (χ2n) is 3.95. The van der Waals surface area contributed by atoms with Gasteiger partial charge in [-0.3, -0.25) is 4.79 Å². The number of aryl methyl sites for hydroxylation is 1. The first-order valence-corrected chi connectivity index (χ1v) is 4.98. The highest BCUT2D eigenvalue weighted by Gasteiger charge is 2.21. The molecule has 14 heavy (non-hydrogen) atoms. The number of carbonyl (C=O) groups excluding carboxylic acids is 1. The SMILES string of the molecule is Cn1ccc(C(=O)COCC2CC2)c1. The summed E-state index contributed by atoms with van der Waals surface area (Å²) in [6, 6.07) is 1.82. The number of rotatable bonds is 5. The molecule has 1 saturated carbocycles. The molecule has 1 aromatic heterocycles. The Kier molecular flexibility index (Phi) is 2.68. The Hall–Kier alpha value is -1.09. The first kappa shape index (κ1) is 9.46. The van der Waals surface area contributed by atoms with E-state index in [0.29, 0.717) is 0 Å². The second kappa shape index (κ2) is 3.96. The molecule has 0 unspecified atom stereocenters. The van der Waals surface area contributed by atoms with Crippen LogP contribution in [0.2, 0.25) is 0 Å². The van der Waals surface area contributed by atoms with E-state index >= 15 is 0 Å². The zero-order chi connectivity index (χ0) is 9.97. The number of aromatic nitrogens is 1. The van der Waals surface area contributed by atoms with Gasteiger partial charge in [0.15, 0.2) is 5.78 Å². The summed E-state index contributed by atoms with van der Waals surface area (Å²) in [5.41, 5.74) is 0.739. The van der Waals surface area contributed by atoms with Crippen LogP contribution in [-0.2, 0) is 11.8 Å². The average molecular weight is 193 g/mol. The van der Waals surface area contributed by atoms with Gasteiger partial charge in [0.05, 0.1) is 6.61 Å². The van der Waals surface area contributed by atoms with Gasteiger partial charge in [0.1, 0.15) is 6.61 Å². The minimum Gasteiger partial charge on any atom is -0.373 e. The molecule has 0 amide bonds. The van der Waals surface area contributed by atoms with Crippen LogP contribution in [0.15, 0.2) is 18.5 Å². The standard InChI is InChI=1S/C11H15NO2/c1-12-5-4-10(6-12)11(13)8-14-7-9-2-3-9/h4-6,9H,2-3,7-8H2,1H3. The van der Waals surface area contributed by atoms with Crippen LogP contribution in [0.4, 0.5) is 0 Å². The van der Waals surface area contributed by atoms with Gasteiger partial charge in [-0.15, -0.1) is 0 Å². The van der Waals surface area contributed by atoms with Crippen LogP contribution in [0, 0.1) is 5.92 Å². The maximum Gasteiger partial charge on any atom is 0.189 e. The molecule has 0 N–H and O–H groups in total. The molecule has 3 heteroatoms. The molecular weight excluding hydrogens is 178 g/mol.